The Labute approximate surface area is 41.9 Å². The molecule has 7 heavy (non-hydrogen) atoms. The van der Waals surface area contributed by atoms with E-state index in [0.717, 1.165) is 12.4 Å². The predicted molar refractivity (Wildman–Crippen MR) is 29.8 cm³/mol. The summed E-state index contributed by atoms with van der Waals surface area (Å²) in [7, 11) is 0. The number of hydrogen-bond donors (Lipinski definition) is 3. The third kappa shape index (κ3) is 2.69. The van der Waals surface area contributed by atoms with Crippen molar-refractivity contribution in [3.05, 3.63) is 11.8 Å². The molecule has 0 fully saturated rings. The fourth-order valence-electron chi connectivity index (χ4n) is 0.144. The summed E-state index contributed by atoms with van der Waals surface area (Å²) in [5.41, 5.74) is 5.35. The van der Waals surface area contributed by atoms with Crippen molar-refractivity contribution in [2.45, 2.75) is 0 Å². The van der Waals surface area contributed by atoms with Crippen LogP contribution < -0.4 is 5.73 Å². The lowest BCUT2D eigenvalue weighted by Crippen LogP contribution is -1.96. The molecule has 3 nitrogen and oxygen atoms in total. The van der Waals surface area contributed by atoms with Crippen LogP contribution in [-0.2, 0) is 0 Å². The monoisotopic (exact) mass is 97.1 g/mol. The molecule has 0 aromatic rings. The van der Waals surface area contributed by atoms with E-state index in [1.165, 1.54) is 6.08 Å². The van der Waals surface area contributed by atoms with E-state index in [1.54, 1.807) is 0 Å². The van der Waals surface area contributed by atoms with E-state index in [9.17, 15) is 0 Å². The van der Waals surface area contributed by atoms with Crippen molar-refractivity contribution in [3.63, 3.8) is 0 Å². The van der Waals surface area contributed by atoms with E-state index in [2.05, 4.69) is 0 Å². The third-order valence-electron chi connectivity index (χ3n) is 0.442. The Kier molecular flexibility index (Phi) is 2.59. The van der Waals surface area contributed by atoms with Crippen LogP contribution in [0, 0.1) is 10.8 Å². The van der Waals surface area contributed by atoms with Crippen LogP contribution in [0.1, 0.15) is 0 Å². The largest absolute Gasteiger partial charge is 0.397 e. The quantitative estimate of drug-likeness (QED) is 0.421. The molecule has 0 aliphatic heterocycles. The minimum absolute atomic E-state index is 0.301. The van der Waals surface area contributed by atoms with Gasteiger partial charge in [-0.2, -0.15) is 0 Å². The maximum atomic E-state index is 6.49. The second kappa shape index (κ2) is 3.08. The molecule has 0 rings (SSSR count). The van der Waals surface area contributed by atoms with Gasteiger partial charge in [0.25, 0.3) is 0 Å². The van der Waals surface area contributed by atoms with Gasteiger partial charge in [-0.15, -0.1) is 0 Å². The predicted octanol–water partition coefficient (Wildman–Crippen LogP) is 0.128. The number of allylic oxidation sites excluding steroid dienone is 2. The standard InChI is InChI=1S/C4H7N3/c5-2-1-4(7)3-6/h1-3,5-6H,7H2. The van der Waals surface area contributed by atoms with E-state index in [0.29, 0.717) is 5.70 Å². The SMILES string of the molecule is N=CC=C(N)C=N. The maximum Gasteiger partial charge on any atom is 0.0508 e. The lowest BCUT2D eigenvalue weighted by atomic mass is 10.4. The van der Waals surface area contributed by atoms with Gasteiger partial charge in [0, 0.05) is 12.4 Å². The molecule has 0 aromatic carbocycles. The van der Waals surface area contributed by atoms with Gasteiger partial charge in [-0.3, -0.25) is 0 Å². The molecule has 4 N–H and O–H groups in total. The smallest absolute Gasteiger partial charge is 0.0508 e. The highest BCUT2D eigenvalue weighted by atomic mass is 14.6. The first-order valence-corrected chi connectivity index (χ1v) is 1.78. The Morgan fingerprint density at radius 3 is 2.14 bits per heavy atom. The van der Waals surface area contributed by atoms with Crippen LogP contribution in [0.4, 0.5) is 0 Å². The van der Waals surface area contributed by atoms with Crippen LogP contribution >= 0.6 is 0 Å². The van der Waals surface area contributed by atoms with Gasteiger partial charge in [-0.1, -0.05) is 0 Å². The second-order valence-corrected chi connectivity index (χ2v) is 0.978. The van der Waals surface area contributed by atoms with Crippen molar-refractivity contribution in [1.29, 1.82) is 10.8 Å². The molecule has 0 unspecified atom stereocenters. The lowest BCUT2D eigenvalue weighted by Gasteiger charge is -1.79. The molecule has 0 saturated carbocycles. The topological polar surface area (TPSA) is 73.7 Å². The van der Waals surface area contributed by atoms with Crippen LogP contribution in [0.3, 0.4) is 0 Å². The number of nitrogens with two attached hydrogens (primary N) is 1. The van der Waals surface area contributed by atoms with Crippen LogP contribution in [0.5, 0.6) is 0 Å². The highest BCUT2D eigenvalue weighted by molar-refractivity contribution is 5.82. The Hall–Kier alpha value is -1.12. The molecular formula is C4H7N3. The zero-order valence-electron chi connectivity index (χ0n) is 3.81. The Morgan fingerprint density at radius 1 is 1.43 bits per heavy atom. The van der Waals surface area contributed by atoms with Gasteiger partial charge in [0.15, 0.2) is 0 Å². The molecule has 38 valence electrons. The van der Waals surface area contributed by atoms with Gasteiger partial charge in [0.2, 0.25) is 0 Å². The fraction of sp³-hybridized carbons (Fsp3) is 0. The summed E-state index contributed by atoms with van der Waals surface area (Å²) in [5.74, 6) is 0. The molecule has 0 saturated heterocycles. The number of hydrogen-bond acceptors (Lipinski definition) is 3. The molecule has 0 aromatic heterocycles. The molecule has 0 aliphatic rings. The first kappa shape index (κ1) is 5.88. The van der Waals surface area contributed by atoms with Crippen molar-refractivity contribution in [2.24, 2.45) is 5.73 Å². The Balaban J connectivity index is 3.72. The average Bonchev–Trinajstić information content (AvgIpc) is 1.68. The summed E-state index contributed by atoms with van der Waals surface area (Å²) < 4.78 is 0. The number of nitrogens with one attached hydrogen (secondary N) is 2. The number of rotatable bonds is 2. The molecule has 3 heteroatoms. The molecule has 0 radical (unpaired) electrons. The lowest BCUT2D eigenvalue weighted by molar-refractivity contribution is 1.45. The van der Waals surface area contributed by atoms with Gasteiger partial charge in [0.05, 0.1) is 5.70 Å². The summed E-state index contributed by atoms with van der Waals surface area (Å²) in [6.07, 6.45) is 3.37. The van der Waals surface area contributed by atoms with E-state index in [-0.39, 0.29) is 0 Å². The van der Waals surface area contributed by atoms with E-state index in [1.807, 2.05) is 0 Å². The minimum Gasteiger partial charge on any atom is -0.397 e. The molecule has 0 heterocycles. The highest BCUT2D eigenvalue weighted by Crippen LogP contribution is 1.68. The van der Waals surface area contributed by atoms with Crippen LogP contribution in [0.25, 0.3) is 0 Å². The van der Waals surface area contributed by atoms with E-state index < -0.39 is 0 Å². The molecule has 0 atom stereocenters. The highest BCUT2D eigenvalue weighted by Gasteiger charge is 1.71. The van der Waals surface area contributed by atoms with Crippen molar-refractivity contribution >= 4 is 12.4 Å². The van der Waals surface area contributed by atoms with E-state index in [4.69, 9.17) is 16.6 Å². The van der Waals surface area contributed by atoms with Gasteiger partial charge in [-0.25, -0.2) is 0 Å². The zero-order chi connectivity index (χ0) is 5.70. The van der Waals surface area contributed by atoms with Gasteiger partial charge in [0.1, 0.15) is 0 Å². The van der Waals surface area contributed by atoms with Crippen LogP contribution in [0.15, 0.2) is 11.8 Å². The molecule has 0 aliphatic carbocycles. The summed E-state index contributed by atoms with van der Waals surface area (Å²) in [4.78, 5) is 0. The van der Waals surface area contributed by atoms with Gasteiger partial charge >= 0.3 is 0 Å². The van der Waals surface area contributed by atoms with Gasteiger partial charge in [-0.05, 0) is 6.08 Å². The normalized spacial score (nSPS) is 10.6. The summed E-state index contributed by atoms with van der Waals surface area (Å²) in [6, 6.07) is 0. The summed E-state index contributed by atoms with van der Waals surface area (Å²) >= 11 is 0. The fourth-order valence-corrected chi connectivity index (χ4v) is 0.144. The van der Waals surface area contributed by atoms with Crippen molar-refractivity contribution < 1.29 is 0 Å². The molecular weight excluding hydrogens is 90.1 g/mol. The zero-order valence-corrected chi connectivity index (χ0v) is 3.81. The minimum atomic E-state index is 0.301. The van der Waals surface area contributed by atoms with Crippen LogP contribution in [-0.4, -0.2) is 12.4 Å². The van der Waals surface area contributed by atoms with Crippen LogP contribution in [0.2, 0.25) is 0 Å². The van der Waals surface area contributed by atoms with E-state index >= 15 is 0 Å². The molecule has 0 amide bonds. The molecule has 0 spiro atoms. The first-order valence-electron chi connectivity index (χ1n) is 1.78. The Bertz CT molecular complexity index is 104. The molecule has 0 bridgehead atoms. The van der Waals surface area contributed by atoms with Crippen molar-refractivity contribution in [2.75, 3.05) is 0 Å². The summed E-state index contributed by atoms with van der Waals surface area (Å²) in [6.45, 7) is 0. The summed E-state index contributed by atoms with van der Waals surface area (Å²) in [5, 5.41) is 12.9. The second-order valence-electron chi connectivity index (χ2n) is 0.978. The Morgan fingerprint density at radius 2 is 2.00 bits per heavy atom. The van der Waals surface area contributed by atoms with Gasteiger partial charge < -0.3 is 16.6 Å². The van der Waals surface area contributed by atoms with Crippen molar-refractivity contribution in [1.82, 2.24) is 0 Å². The first-order chi connectivity index (χ1) is 3.31. The third-order valence-corrected chi connectivity index (χ3v) is 0.442. The van der Waals surface area contributed by atoms with Crippen molar-refractivity contribution in [3.8, 4) is 0 Å². The average molecular weight is 97.1 g/mol. The maximum absolute atomic E-state index is 6.49.